The summed E-state index contributed by atoms with van der Waals surface area (Å²) in [5, 5.41) is 10.8. The number of rotatable bonds is 7. The van der Waals surface area contributed by atoms with Gasteiger partial charge in [0.1, 0.15) is 0 Å². The molecule has 82 valence electrons. The van der Waals surface area contributed by atoms with Crippen LogP contribution in [-0.2, 0) is 14.3 Å². The fourth-order valence-corrected chi connectivity index (χ4v) is 1.04. The van der Waals surface area contributed by atoms with Crippen molar-refractivity contribution in [3.63, 3.8) is 0 Å². The molecule has 0 aliphatic carbocycles. The zero-order valence-electron chi connectivity index (χ0n) is 8.58. The molecule has 0 saturated heterocycles. The predicted octanol–water partition coefficient (Wildman–Crippen LogP) is 0.250. The summed E-state index contributed by atoms with van der Waals surface area (Å²) in [5.41, 5.74) is 0. The van der Waals surface area contributed by atoms with E-state index in [-0.39, 0.29) is 24.8 Å². The normalized spacial score (nSPS) is 12.1. The summed E-state index contributed by atoms with van der Waals surface area (Å²) in [5.74, 6) is -0.879. The van der Waals surface area contributed by atoms with Crippen molar-refractivity contribution in [2.45, 2.75) is 19.8 Å². The van der Waals surface area contributed by atoms with E-state index in [2.05, 4.69) is 5.32 Å². The molecular formula is C9H17NO4. The number of carboxylic acids is 1. The minimum Gasteiger partial charge on any atom is -0.481 e. The van der Waals surface area contributed by atoms with E-state index in [1.807, 2.05) is 6.92 Å². The molecular weight excluding hydrogens is 186 g/mol. The highest BCUT2D eigenvalue weighted by Gasteiger charge is 2.08. The van der Waals surface area contributed by atoms with Crippen molar-refractivity contribution in [2.75, 3.05) is 20.3 Å². The lowest BCUT2D eigenvalue weighted by atomic mass is 10.1. The molecule has 0 aromatic carbocycles. The number of hydrogen-bond donors (Lipinski definition) is 2. The Labute approximate surface area is 83.4 Å². The van der Waals surface area contributed by atoms with Gasteiger partial charge in [0.2, 0.25) is 5.91 Å². The summed E-state index contributed by atoms with van der Waals surface area (Å²) in [4.78, 5) is 21.3. The maximum Gasteiger partial charge on any atom is 0.305 e. The molecule has 0 fully saturated rings. The second-order valence-electron chi connectivity index (χ2n) is 3.26. The molecule has 1 unspecified atom stereocenters. The maximum atomic E-state index is 11.2. The van der Waals surface area contributed by atoms with E-state index in [4.69, 9.17) is 9.84 Å². The van der Waals surface area contributed by atoms with Crippen LogP contribution in [0.3, 0.4) is 0 Å². The first-order valence-electron chi connectivity index (χ1n) is 4.53. The van der Waals surface area contributed by atoms with Gasteiger partial charge in [-0.25, -0.2) is 0 Å². The quantitative estimate of drug-likeness (QED) is 0.622. The molecule has 14 heavy (non-hydrogen) atoms. The van der Waals surface area contributed by atoms with Gasteiger partial charge in [-0.1, -0.05) is 6.92 Å². The molecule has 0 aliphatic heterocycles. The van der Waals surface area contributed by atoms with Crippen molar-refractivity contribution < 1.29 is 19.4 Å². The van der Waals surface area contributed by atoms with Gasteiger partial charge in [0, 0.05) is 26.7 Å². The first kappa shape index (κ1) is 12.9. The molecule has 0 rings (SSSR count). The number of carboxylic acid groups (broad SMARTS) is 1. The summed E-state index contributed by atoms with van der Waals surface area (Å²) in [7, 11) is 1.58. The van der Waals surface area contributed by atoms with Gasteiger partial charge in [0.05, 0.1) is 6.42 Å². The van der Waals surface area contributed by atoms with Gasteiger partial charge in [0.25, 0.3) is 0 Å². The molecule has 0 radical (unpaired) electrons. The Hall–Kier alpha value is -1.10. The van der Waals surface area contributed by atoms with E-state index < -0.39 is 5.97 Å². The summed E-state index contributed by atoms with van der Waals surface area (Å²) >= 11 is 0. The average Bonchev–Trinajstić information content (AvgIpc) is 2.03. The fraction of sp³-hybridized carbons (Fsp3) is 0.778. The van der Waals surface area contributed by atoms with Crippen LogP contribution in [0, 0.1) is 5.92 Å². The van der Waals surface area contributed by atoms with Crippen molar-refractivity contribution in [1.82, 2.24) is 5.32 Å². The third kappa shape index (κ3) is 7.54. The minimum atomic E-state index is -0.907. The standard InChI is InChI=1S/C9H17NO4/c1-7(6-14-2)5-8(11)10-4-3-9(12)13/h7H,3-6H2,1-2H3,(H,10,11)(H,12,13). The lowest BCUT2D eigenvalue weighted by molar-refractivity contribution is -0.136. The third-order valence-electron chi connectivity index (χ3n) is 1.65. The summed E-state index contributed by atoms with van der Waals surface area (Å²) in [6, 6.07) is 0. The molecule has 0 aliphatic rings. The van der Waals surface area contributed by atoms with E-state index in [9.17, 15) is 9.59 Å². The smallest absolute Gasteiger partial charge is 0.305 e. The summed E-state index contributed by atoms with van der Waals surface area (Å²) in [6.07, 6.45) is 0.331. The van der Waals surface area contributed by atoms with Gasteiger partial charge >= 0.3 is 5.97 Å². The van der Waals surface area contributed by atoms with Crippen LogP contribution in [0.5, 0.6) is 0 Å². The lowest BCUT2D eigenvalue weighted by Crippen LogP contribution is -2.28. The van der Waals surface area contributed by atoms with Gasteiger partial charge in [0.15, 0.2) is 0 Å². The number of carbonyl (C=O) groups excluding carboxylic acids is 1. The second-order valence-corrected chi connectivity index (χ2v) is 3.26. The van der Waals surface area contributed by atoms with Gasteiger partial charge in [-0.3, -0.25) is 9.59 Å². The Morgan fingerprint density at radius 1 is 1.50 bits per heavy atom. The number of hydrogen-bond acceptors (Lipinski definition) is 3. The van der Waals surface area contributed by atoms with Gasteiger partial charge in [-0.2, -0.15) is 0 Å². The van der Waals surface area contributed by atoms with Crippen molar-refractivity contribution in [3.8, 4) is 0 Å². The van der Waals surface area contributed by atoms with Crippen molar-refractivity contribution >= 4 is 11.9 Å². The van der Waals surface area contributed by atoms with Crippen molar-refractivity contribution in [1.29, 1.82) is 0 Å². The molecule has 5 heteroatoms. The molecule has 5 nitrogen and oxygen atoms in total. The Bertz CT molecular complexity index is 193. The van der Waals surface area contributed by atoms with Crippen LogP contribution in [0.4, 0.5) is 0 Å². The van der Waals surface area contributed by atoms with Crippen molar-refractivity contribution in [2.24, 2.45) is 5.92 Å². The number of carbonyl (C=O) groups is 2. The lowest BCUT2D eigenvalue weighted by Gasteiger charge is -2.09. The van der Waals surface area contributed by atoms with E-state index in [1.54, 1.807) is 7.11 Å². The highest BCUT2D eigenvalue weighted by atomic mass is 16.5. The number of nitrogens with one attached hydrogen (secondary N) is 1. The SMILES string of the molecule is COCC(C)CC(=O)NCCC(=O)O. The van der Waals surface area contributed by atoms with E-state index in [1.165, 1.54) is 0 Å². The number of aliphatic carboxylic acids is 1. The van der Waals surface area contributed by atoms with Crippen LogP contribution >= 0.6 is 0 Å². The largest absolute Gasteiger partial charge is 0.481 e. The highest BCUT2D eigenvalue weighted by Crippen LogP contribution is 2.00. The van der Waals surface area contributed by atoms with Gasteiger partial charge in [-0.05, 0) is 5.92 Å². The Kier molecular flexibility index (Phi) is 6.74. The van der Waals surface area contributed by atoms with Crippen LogP contribution in [0.15, 0.2) is 0 Å². The van der Waals surface area contributed by atoms with Crippen LogP contribution in [0.25, 0.3) is 0 Å². The first-order chi connectivity index (χ1) is 6.56. The van der Waals surface area contributed by atoms with Gasteiger partial charge < -0.3 is 15.2 Å². The summed E-state index contributed by atoms with van der Waals surface area (Å²) in [6.45, 7) is 2.63. The first-order valence-corrected chi connectivity index (χ1v) is 4.53. The molecule has 1 atom stereocenters. The van der Waals surface area contributed by atoms with E-state index in [0.29, 0.717) is 13.0 Å². The Morgan fingerprint density at radius 2 is 2.14 bits per heavy atom. The maximum absolute atomic E-state index is 11.2. The zero-order chi connectivity index (χ0) is 11.0. The molecule has 0 aromatic rings. The molecule has 0 bridgehead atoms. The minimum absolute atomic E-state index is 0.0373. The molecule has 0 spiro atoms. The molecule has 1 amide bonds. The molecule has 0 saturated carbocycles. The highest BCUT2D eigenvalue weighted by molar-refractivity contribution is 5.76. The zero-order valence-corrected chi connectivity index (χ0v) is 8.58. The number of amides is 1. The van der Waals surface area contributed by atoms with E-state index >= 15 is 0 Å². The van der Waals surface area contributed by atoms with E-state index in [0.717, 1.165) is 0 Å². The Morgan fingerprint density at radius 3 is 2.64 bits per heavy atom. The monoisotopic (exact) mass is 203 g/mol. The fourth-order valence-electron chi connectivity index (χ4n) is 1.04. The summed E-state index contributed by atoms with van der Waals surface area (Å²) < 4.78 is 4.87. The predicted molar refractivity (Wildman–Crippen MR) is 50.9 cm³/mol. The Balaban J connectivity index is 3.50. The van der Waals surface area contributed by atoms with Crippen LogP contribution in [-0.4, -0.2) is 37.2 Å². The van der Waals surface area contributed by atoms with Crippen molar-refractivity contribution in [3.05, 3.63) is 0 Å². The van der Waals surface area contributed by atoms with Crippen LogP contribution in [0.1, 0.15) is 19.8 Å². The molecule has 2 N–H and O–H groups in total. The van der Waals surface area contributed by atoms with Crippen LogP contribution < -0.4 is 5.32 Å². The topological polar surface area (TPSA) is 75.6 Å². The third-order valence-corrected chi connectivity index (χ3v) is 1.65. The number of methoxy groups -OCH3 is 1. The molecule has 0 heterocycles. The molecule has 0 aromatic heterocycles. The van der Waals surface area contributed by atoms with Gasteiger partial charge in [-0.15, -0.1) is 0 Å². The average molecular weight is 203 g/mol. The van der Waals surface area contributed by atoms with Crippen LogP contribution in [0.2, 0.25) is 0 Å². The number of ether oxygens (including phenoxy) is 1. The second kappa shape index (κ2) is 7.32.